The predicted octanol–water partition coefficient (Wildman–Crippen LogP) is 4.43. The fourth-order valence-electron chi connectivity index (χ4n) is 1.99. The minimum Gasteiger partial charge on any atom is -0.475 e. The second-order valence-electron chi connectivity index (χ2n) is 4.79. The molecule has 0 saturated heterocycles. The van der Waals surface area contributed by atoms with E-state index in [4.69, 9.17) is 21.4 Å². The first-order valence-electron chi connectivity index (χ1n) is 6.83. The van der Waals surface area contributed by atoms with Crippen LogP contribution in [0.3, 0.4) is 0 Å². The molecule has 2 aromatic carbocycles. The van der Waals surface area contributed by atoms with Crippen molar-refractivity contribution in [3.63, 3.8) is 0 Å². The molecule has 5 nitrogen and oxygen atoms in total. The Labute approximate surface area is 141 Å². The molecule has 0 bridgehead atoms. The summed E-state index contributed by atoms with van der Waals surface area (Å²) in [4.78, 5) is 18.6. The Hall–Kier alpha value is -2.99. The molecule has 0 amide bonds. The molecule has 1 aromatic heterocycles. The molecule has 0 saturated carbocycles. The van der Waals surface area contributed by atoms with Gasteiger partial charge in [0.25, 0.3) is 0 Å². The van der Waals surface area contributed by atoms with Gasteiger partial charge in [0.2, 0.25) is 5.82 Å². The number of hydrogen-bond acceptors (Lipinski definition) is 4. The van der Waals surface area contributed by atoms with Gasteiger partial charge in [0.15, 0.2) is 0 Å². The van der Waals surface area contributed by atoms with Crippen LogP contribution in [-0.4, -0.2) is 21.0 Å². The number of aromatic carboxylic acids is 1. The highest BCUT2D eigenvalue weighted by atomic mass is 35.5. The summed E-state index contributed by atoms with van der Waals surface area (Å²) in [7, 11) is 0. The maximum Gasteiger partial charge on any atom is 0.374 e. The van der Waals surface area contributed by atoms with Crippen molar-refractivity contribution in [2.45, 2.75) is 0 Å². The molecule has 120 valence electrons. The summed E-state index contributed by atoms with van der Waals surface area (Å²) >= 11 is 5.83. The SMILES string of the molecule is O=C(O)c1nc(Cl)cc(-c2ccc(Oc3ccc(F)cc3)cc2)n1. The van der Waals surface area contributed by atoms with Gasteiger partial charge in [0, 0.05) is 11.6 Å². The number of hydrogen-bond donors (Lipinski definition) is 1. The summed E-state index contributed by atoms with van der Waals surface area (Å²) in [6.45, 7) is 0. The van der Waals surface area contributed by atoms with Crippen LogP contribution in [0.4, 0.5) is 4.39 Å². The number of halogens is 2. The minimum absolute atomic E-state index is 0.0454. The van der Waals surface area contributed by atoms with Gasteiger partial charge in [-0.15, -0.1) is 0 Å². The van der Waals surface area contributed by atoms with Crippen molar-refractivity contribution < 1.29 is 19.0 Å². The number of rotatable bonds is 4. The Morgan fingerprint density at radius 1 is 1.00 bits per heavy atom. The molecule has 24 heavy (non-hydrogen) atoms. The van der Waals surface area contributed by atoms with Crippen LogP contribution in [0.25, 0.3) is 11.3 Å². The lowest BCUT2D eigenvalue weighted by Gasteiger charge is -2.07. The van der Waals surface area contributed by atoms with Gasteiger partial charge in [0.1, 0.15) is 22.5 Å². The number of aromatic nitrogens is 2. The molecule has 3 rings (SSSR count). The van der Waals surface area contributed by atoms with Gasteiger partial charge in [-0.25, -0.2) is 19.2 Å². The van der Waals surface area contributed by atoms with E-state index in [-0.39, 0.29) is 16.8 Å². The first-order valence-corrected chi connectivity index (χ1v) is 7.21. The summed E-state index contributed by atoms with van der Waals surface area (Å²) < 4.78 is 18.5. The number of carboxylic acid groups (broad SMARTS) is 1. The van der Waals surface area contributed by atoms with Crippen molar-refractivity contribution in [1.82, 2.24) is 9.97 Å². The highest BCUT2D eigenvalue weighted by Gasteiger charge is 2.11. The zero-order valence-electron chi connectivity index (χ0n) is 12.1. The van der Waals surface area contributed by atoms with E-state index in [0.29, 0.717) is 22.8 Å². The fraction of sp³-hybridized carbons (Fsp3) is 0. The highest BCUT2D eigenvalue weighted by Crippen LogP contribution is 2.26. The second kappa shape index (κ2) is 6.64. The van der Waals surface area contributed by atoms with Gasteiger partial charge >= 0.3 is 5.97 Å². The molecule has 0 aliphatic carbocycles. The van der Waals surface area contributed by atoms with Gasteiger partial charge in [0.05, 0.1) is 5.69 Å². The summed E-state index contributed by atoms with van der Waals surface area (Å²) in [6.07, 6.45) is 0. The Bertz CT molecular complexity index is 883. The van der Waals surface area contributed by atoms with Gasteiger partial charge in [-0.3, -0.25) is 0 Å². The van der Waals surface area contributed by atoms with E-state index in [9.17, 15) is 9.18 Å². The number of ether oxygens (including phenoxy) is 1. The van der Waals surface area contributed by atoms with Crippen molar-refractivity contribution in [3.8, 4) is 22.8 Å². The molecule has 0 aliphatic rings. The number of nitrogens with zero attached hydrogens (tertiary/aromatic N) is 2. The van der Waals surface area contributed by atoms with Crippen LogP contribution >= 0.6 is 11.6 Å². The normalized spacial score (nSPS) is 10.4. The second-order valence-corrected chi connectivity index (χ2v) is 5.17. The van der Waals surface area contributed by atoms with Crippen molar-refractivity contribution in [2.24, 2.45) is 0 Å². The number of carbonyl (C=O) groups is 1. The van der Waals surface area contributed by atoms with Crippen LogP contribution in [0.2, 0.25) is 5.15 Å². The molecule has 1 N–H and O–H groups in total. The predicted molar refractivity (Wildman–Crippen MR) is 85.9 cm³/mol. The van der Waals surface area contributed by atoms with Gasteiger partial charge in [-0.05, 0) is 48.5 Å². The van der Waals surface area contributed by atoms with Crippen molar-refractivity contribution >= 4 is 17.6 Å². The van der Waals surface area contributed by atoms with E-state index in [2.05, 4.69) is 9.97 Å². The van der Waals surface area contributed by atoms with Crippen molar-refractivity contribution in [3.05, 3.63) is 71.4 Å². The average molecular weight is 345 g/mol. The minimum atomic E-state index is -1.25. The summed E-state index contributed by atoms with van der Waals surface area (Å²) in [5, 5.41) is 9.02. The van der Waals surface area contributed by atoms with Crippen LogP contribution in [0.1, 0.15) is 10.6 Å². The van der Waals surface area contributed by atoms with E-state index < -0.39 is 5.97 Å². The summed E-state index contributed by atoms with van der Waals surface area (Å²) in [5.74, 6) is -0.918. The first kappa shape index (κ1) is 15.9. The van der Waals surface area contributed by atoms with E-state index in [1.165, 1.54) is 30.3 Å². The standard InChI is InChI=1S/C17H10ClFN2O3/c18-15-9-14(20-16(21-15)17(22)23)10-1-5-12(6-2-10)24-13-7-3-11(19)4-8-13/h1-9H,(H,22,23). The van der Waals surface area contributed by atoms with Crippen molar-refractivity contribution in [2.75, 3.05) is 0 Å². The molecule has 0 spiro atoms. The molecular formula is C17H10ClFN2O3. The van der Waals surface area contributed by atoms with Crippen LogP contribution in [0.15, 0.2) is 54.6 Å². The molecule has 0 aliphatic heterocycles. The highest BCUT2D eigenvalue weighted by molar-refractivity contribution is 6.29. The number of carboxylic acids is 1. The lowest BCUT2D eigenvalue weighted by Crippen LogP contribution is -2.05. The first-order chi connectivity index (χ1) is 11.5. The quantitative estimate of drug-likeness (QED) is 0.709. The topological polar surface area (TPSA) is 72.3 Å². The molecule has 0 atom stereocenters. The van der Waals surface area contributed by atoms with E-state index >= 15 is 0 Å². The molecule has 3 aromatic rings. The van der Waals surface area contributed by atoms with Gasteiger partial charge in [-0.2, -0.15) is 0 Å². The largest absolute Gasteiger partial charge is 0.475 e. The maximum absolute atomic E-state index is 12.9. The Morgan fingerprint density at radius 2 is 1.58 bits per heavy atom. The van der Waals surface area contributed by atoms with E-state index in [0.717, 1.165) is 0 Å². The molecule has 0 unspecified atom stereocenters. The zero-order chi connectivity index (χ0) is 17.1. The van der Waals surface area contributed by atoms with Gasteiger partial charge in [-0.1, -0.05) is 11.6 Å². The smallest absolute Gasteiger partial charge is 0.374 e. The Morgan fingerprint density at radius 3 is 2.17 bits per heavy atom. The van der Waals surface area contributed by atoms with Crippen LogP contribution in [0.5, 0.6) is 11.5 Å². The monoisotopic (exact) mass is 344 g/mol. The van der Waals surface area contributed by atoms with Crippen LogP contribution in [0, 0.1) is 5.82 Å². The molecule has 1 heterocycles. The molecule has 0 radical (unpaired) electrons. The van der Waals surface area contributed by atoms with Gasteiger partial charge < -0.3 is 9.84 Å². The lowest BCUT2D eigenvalue weighted by atomic mass is 10.1. The van der Waals surface area contributed by atoms with Crippen LogP contribution in [-0.2, 0) is 0 Å². The van der Waals surface area contributed by atoms with Crippen LogP contribution < -0.4 is 4.74 Å². The van der Waals surface area contributed by atoms with E-state index in [1.807, 2.05) is 0 Å². The number of benzene rings is 2. The maximum atomic E-state index is 12.9. The van der Waals surface area contributed by atoms with E-state index in [1.54, 1.807) is 24.3 Å². The Kier molecular flexibility index (Phi) is 4.39. The average Bonchev–Trinajstić information content (AvgIpc) is 2.57. The third-order valence-corrected chi connectivity index (χ3v) is 3.28. The zero-order valence-corrected chi connectivity index (χ0v) is 12.9. The van der Waals surface area contributed by atoms with Crippen molar-refractivity contribution in [1.29, 1.82) is 0 Å². The molecular weight excluding hydrogens is 335 g/mol. The molecule has 7 heteroatoms. The third-order valence-electron chi connectivity index (χ3n) is 3.09. The summed E-state index contributed by atoms with van der Waals surface area (Å²) in [6, 6.07) is 13.9. The lowest BCUT2D eigenvalue weighted by molar-refractivity contribution is 0.0683. The fourth-order valence-corrected chi connectivity index (χ4v) is 2.18. The summed E-state index contributed by atoms with van der Waals surface area (Å²) in [5.41, 5.74) is 1.05. The Balaban J connectivity index is 1.84. The third kappa shape index (κ3) is 3.67. The molecule has 0 fully saturated rings.